The smallest absolute Gasteiger partial charge is 0.258 e. The number of amides is 1. The van der Waals surface area contributed by atoms with Crippen LogP contribution < -0.4 is 10.1 Å². The fourth-order valence-electron chi connectivity index (χ4n) is 1.50. The van der Waals surface area contributed by atoms with Gasteiger partial charge < -0.3 is 10.1 Å². The number of methoxy groups -OCH3 is 1. The van der Waals surface area contributed by atoms with Crippen LogP contribution in [0.1, 0.15) is 10.4 Å². The summed E-state index contributed by atoms with van der Waals surface area (Å²) >= 11 is 11.7. The number of carbonyl (C=O) groups is 1. The molecule has 1 heterocycles. The maximum Gasteiger partial charge on any atom is 0.258 e. The molecule has 0 bridgehead atoms. The summed E-state index contributed by atoms with van der Waals surface area (Å²) in [6.07, 6.45) is 0.928. The number of aromatic nitrogens is 1. The topological polar surface area (TPSA) is 51.2 Å². The predicted molar refractivity (Wildman–Crippen MR) is 75.2 cm³/mol. The molecule has 0 aliphatic heterocycles. The molecule has 20 heavy (non-hydrogen) atoms. The van der Waals surface area contributed by atoms with Crippen LogP contribution in [0.15, 0.2) is 30.5 Å². The fraction of sp³-hybridized carbons (Fsp3) is 0.0769. The highest BCUT2D eigenvalue weighted by molar-refractivity contribution is 6.35. The largest absolute Gasteiger partial charge is 0.497 e. The van der Waals surface area contributed by atoms with E-state index in [0.717, 1.165) is 12.3 Å². The van der Waals surface area contributed by atoms with Gasteiger partial charge in [-0.25, -0.2) is 9.37 Å². The standard InChI is InChI=1S/C13H9Cl2FN2O2/c1-20-8-2-3-10(14)11(5-8)18-13(19)9-4-7(16)6-17-12(9)15/h2-6H,1H3,(H,18,19). The Morgan fingerprint density at radius 3 is 2.80 bits per heavy atom. The maximum absolute atomic E-state index is 13.1. The van der Waals surface area contributed by atoms with Crippen LogP contribution in [-0.2, 0) is 0 Å². The van der Waals surface area contributed by atoms with Crippen molar-refractivity contribution < 1.29 is 13.9 Å². The number of rotatable bonds is 3. The minimum atomic E-state index is -0.656. The van der Waals surface area contributed by atoms with Gasteiger partial charge in [-0.15, -0.1) is 0 Å². The van der Waals surface area contributed by atoms with Crippen LogP contribution in [0, 0.1) is 5.82 Å². The van der Waals surface area contributed by atoms with Gasteiger partial charge in [0, 0.05) is 6.07 Å². The van der Waals surface area contributed by atoms with E-state index in [0.29, 0.717) is 16.5 Å². The van der Waals surface area contributed by atoms with E-state index in [-0.39, 0.29) is 10.7 Å². The van der Waals surface area contributed by atoms with Gasteiger partial charge in [-0.1, -0.05) is 23.2 Å². The highest BCUT2D eigenvalue weighted by atomic mass is 35.5. The SMILES string of the molecule is COc1ccc(Cl)c(NC(=O)c2cc(F)cnc2Cl)c1. The van der Waals surface area contributed by atoms with Crippen molar-refractivity contribution in [2.45, 2.75) is 0 Å². The summed E-state index contributed by atoms with van der Waals surface area (Å²) in [6.45, 7) is 0. The molecule has 104 valence electrons. The number of carbonyl (C=O) groups excluding carboxylic acids is 1. The highest BCUT2D eigenvalue weighted by Crippen LogP contribution is 2.27. The van der Waals surface area contributed by atoms with Crippen molar-refractivity contribution in [2.24, 2.45) is 0 Å². The lowest BCUT2D eigenvalue weighted by Crippen LogP contribution is -2.13. The Kier molecular flexibility index (Phi) is 4.42. The second-order valence-corrected chi connectivity index (χ2v) is 4.56. The van der Waals surface area contributed by atoms with Gasteiger partial charge in [-0.05, 0) is 18.2 Å². The Bertz CT molecular complexity index is 665. The molecule has 2 aromatic rings. The van der Waals surface area contributed by atoms with Crippen LogP contribution in [0.4, 0.5) is 10.1 Å². The van der Waals surface area contributed by atoms with Gasteiger partial charge in [-0.2, -0.15) is 0 Å². The molecular weight excluding hydrogens is 306 g/mol. The molecule has 0 unspecified atom stereocenters. The predicted octanol–water partition coefficient (Wildman–Crippen LogP) is 3.79. The van der Waals surface area contributed by atoms with Gasteiger partial charge in [0.25, 0.3) is 5.91 Å². The molecule has 0 aliphatic carbocycles. The maximum atomic E-state index is 13.1. The molecule has 1 aromatic heterocycles. The molecule has 1 amide bonds. The molecule has 1 N–H and O–H groups in total. The van der Waals surface area contributed by atoms with Gasteiger partial charge in [0.15, 0.2) is 0 Å². The number of halogens is 3. The first-order chi connectivity index (χ1) is 9.51. The molecule has 7 heteroatoms. The molecule has 0 atom stereocenters. The number of hydrogen-bond acceptors (Lipinski definition) is 3. The van der Waals surface area contributed by atoms with E-state index in [1.807, 2.05) is 0 Å². The number of anilines is 1. The number of benzene rings is 1. The normalized spacial score (nSPS) is 10.2. The van der Waals surface area contributed by atoms with E-state index < -0.39 is 11.7 Å². The van der Waals surface area contributed by atoms with E-state index in [9.17, 15) is 9.18 Å². The van der Waals surface area contributed by atoms with Crippen molar-refractivity contribution in [3.8, 4) is 5.75 Å². The Balaban J connectivity index is 2.30. The summed E-state index contributed by atoms with van der Waals surface area (Å²) in [5.41, 5.74) is 0.252. The van der Waals surface area contributed by atoms with E-state index >= 15 is 0 Å². The molecule has 4 nitrogen and oxygen atoms in total. The molecule has 0 saturated heterocycles. The van der Waals surface area contributed by atoms with Crippen molar-refractivity contribution in [3.63, 3.8) is 0 Å². The molecule has 0 saturated carbocycles. The van der Waals surface area contributed by atoms with E-state index in [2.05, 4.69) is 10.3 Å². The Hall–Kier alpha value is -1.85. The minimum absolute atomic E-state index is 0.0782. The zero-order chi connectivity index (χ0) is 14.7. The quantitative estimate of drug-likeness (QED) is 0.877. The summed E-state index contributed by atoms with van der Waals surface area (Å²) in [7, 11) is 1.49. The number of nitrogens with one attached hydrogen (secondary N) is 1. The summed E-state index contributed by atoms with van der Waals surface area (Å²) in [5, 5.41) is 2.75. The first-order valence-corrected chi connectivity index (χ1v) is 6.23. The van der Waals surface area contributed by atoms with Crippen molar-refractivity contribution in [2.75, 3.05) is 12.4 Å². The Labute approximate surface area is 124 Å². The monoisotopic (exact) mass is 314 g/mol. The third-order valence-electron chi connectivity index (χ3n) is 2.47. The third kappa shape index (κ3) is 3.18. The van der Waals surface area contributed by atoms with Gasteiger partial charge in [0.05, 0.1) is 29.6 Å². The molecule has 0 spiro atoms. The lowest BCUT2D eigenvalue weighted by Gasteiger charge is -2.09. The fourth-order valence-corrected chi connectivity index (χ4v) is 1.85. The highest BCUT2D eigenvalue weighted by Gasteiger charge is 2.14. The van der Waals surface area contributed by atoms with Gasteiger partial charge in [0.1, 0.15) is 16.7 Å². The first kappa shape index (κ1) is 14.6. The van der Waals surface area contributed by atoms with Crippen molar-refractivity contribution in [1.29, 1.82) is 0 Å². The van der Waals surface area contributed by atoms with Gasteiger partial charge >= 0.3 is 0 Å². The molecular formula is C13H9Cl2FN2O2. The lowest BCUT2D eigenvalue weighted by atomic mass is 10.2. The van der Waals surface area contributed by atoms with Crippen LogP contribution >= 0.6 is 23.2 Å². The molecule has 2 rings (SSSR count). The van der Waals surface area contributed by atoms with E-state index in [1.54, 1.807) is 18.2 Å². The van der Waals surface area contributed by atoms with Crippen molar-refractivity contribution >= 4 is 34.8 Å². The van der Waals surface area contributed by atoms with Crippen LogP contribution in [0.5, 0.6) is 5.75 Å². The van der Waals surface area contributed by atoms with Gasteiger partial charge in [0.2, 0.25) is 0 Å². The van der Waals surface area contributed by atoms with E-state index in [4.69, 9.17) is 27.9 Å². The summed E-state index contributed by atoms with van der Waals surface area (Å²) < 4.78 is 18.1. The zero-order valence-electron chi connectivity index (χ0n) is 10.3. The zero-order valence-corrected chi connectivity index (χ0v) is 11.8. The van der Waals surface area contributed by atoms with Crippen molar-refractivity contribution in [1.82, 2.24) is 4.98 Å². The average Bonchev–Trinajstić information content (AvgIpc) is 2.43. The van der Waals surface area contributed by atoms with Crippen LogP contribution in [0.2, 0.25) is 10.2 Å². The van der Waals surface area contributed by atoms with E-state index in [1.165, 1.54) is 7.11 Å². The summed E-state index contributed by atoms with van der Waals surface area (Å²) in [6, 6.07) is 5.76. The minimum Gasteiger partial charge on any atom is -0.497 e. The van der Waals surface area contributed by atoms with Crippen LogP contribution in [0.3, 0.4) is 0 Å². The number of ether oxygens (including phenoxy) is 1. The average molecular weight is 315 g/mol. The van der Waals surface area contributed by atoms with Gasteiger partial charge in [-0.3, -0.25) is 4.79 Å². The van der Waals surface area contributed by atoms with Crippen LogP contribution in [-0.4, -0.2) is 18.0 Å². The number of hydrogen-bond donors (Lipinski definition) is 1. The number of nitrogens with zero attached hydrogens (tertiary/aromatic N) is 1. The molecule has 0 fully saturated rings. The second kappa shape index (κ2) is 6.07. The summed E-state index contributed by atoms with van der Waals surface area (Å²) in [5.74, 6) is -0.749. The summed E-state index contributed by atoms with van der Waals surface area (Å²) in [4.78, 5) is 15.6. The molecule has 1 aromatic carbocycles. The lowest BCUT2D eigenvalue weighted by molar-refractivity contribution is 0.102. The Morgan fingerprint density at radius 1 is 1.35 bits per heavy atom. The molecule has 0 radical (unpaired) electrons. The first-order valence-electron chi connectivity index (χ1n) is 5.47. The third-order valence-corrected chi connectivity index (χ3v) is 3.10. The van der Waals surface area contributed by atoms with Crippen molar-refractivity contribution in [3.05, 3.63) is 52.0 Å². The molecule has 0 aliphatic rings. The number of pyridine rings is 1. The second-order valence-electron chi connectivity index (χ2n) is 3.79. The Morgan fingerprint density at radius 2 is 2.10 bits per heavy atom. The van der Waals surface area contributed by atoms with Crippen LogP contribution in [0.25, 0.3) is 0 Å².